The van der Waals surface area contributed by atoms with Crippen LogP contribution < -0.4 is 5.73 Å². The van der Waals surface area contributed by atoms with E-state index in [0.717, 1.165) is 57.8 Å². The molecule has 0 radical (unpaired) electrons. The second-order valence-corrected chi connectivity index (χ2v) is 15.0. The fourth-order valence-electron chi connectivity index (χ4n) is 5.46. The maximum absolute atomic E-state index is 12.5. The number of carbonyl (C=O) groups excluding carboxylic acids is 2. The van der Waals surface area contributed by atoms with Crippen LogP contribution >= 0.6 is 7.82 Å². The highest BCUT2D eigenvalue weighted by molar-refractivity contribution is 7.47. The summed E-state index contributed by atoms with van der Waals surface area (Å²) in [4.78, 5) is 34.8. The fourth-order valence-corrected chi connectivity index (χ4v) is 6.23. The summed E-state index contributed by atoms with van der Waals surface area (Å²) < 4.78 is 32.7. The largest absolute Gasteiger partial charge is 0.472 e. The minimum absolute atomic E-state index is 0.0497. The Hall–Kier alpha value is -1.77. The molecule has 0 saturated heterocycles. The molecule has 0 aliphatic heterocycles. The molecule has 0 aromatic heterocycles. The van der Waals surface area contributed by atoms with E-state index >= 15 is 0 Å². The molecule has 0 amide bonds. The van der Waals surface area contributed by atoms with Crippen molar-refractivity contribution in [3.63, 3.8) is 0 Å². The van der Waals surface area contributed by atoms with Crippen LogP contribution in [0.15, 0.2) is 36.5 Å². The summed E-state index contributed by atoms with van der Waals surface area (Å²) in [6.07, 6.45) is 40.2. The lowest BCUT2D eigenvalue weighted by Gasteiger charge is -2.19. The van der Waals surface area contributed by atoms with Crippen LogP contribution in [0.1, 0.15) is 181 Å². The van der Waals surface area contributed by atoms with Crippen molar-refractivity contribution >= 4 is 19.8 Å². The van der Waals surface area contributed by atoms with E-state index in [2.05, 4.69) is 50.3 Å². The number of ether oxygens (including phenoxy) is 2. The van der Waals surface area contributed by atoms with Crippen LogP contribution in [0.3, 0.4) is 0 Å². The lowest BCUT2D eigenvalue weighted by atomic mass is 10.0. The van der Waals surface area contributed by atoms with Gasteiger partial charge in [0.1, 0.15) is 6.61 Å². The number of unbranched alkanes of at least 4 members (excludes halogenated alkanes) is 19. The number of rotatable bonds is 38. The molecule has 0 saturated carbocycles. The third-order valence-electron chi connectivity index (χ3n) is 8.53. The Morgan fingerprint density at radius 3 is 1.55 bits per heavy atom. The zero-order chi connectivity index (χ0) is 37.5. The van der Waals surface area contributed by atoms with E-state index in [-0.39, 0.29) is 38.6 Å². The van der Waals surface area contributed by atoms with Crippen molar-refractivity contribution in [2.24, 2.45) is 5.73 Å². The molecular weight excluding hydrogens is 665 g/mol. The van der Waals surface area contributed by atoms with Gasteiger partial charge in [-0.1, -0.05) is 153 Å². The molecule has 9 nitrogen and oxygen atoms in total. The molecule has 0 fully saturated rings. The zero-order valence-electron chi connectivity index (χ0n) is 32.6. The smallest absolute Gasteiger partial charge is 0.462 e. The lowest BCUT2D eigenvalue weighted by Crippen LogP contribution is -2.29. The molecule has 0 aliphatic carbocycles. The molecule has 0 bridgehead atoms. The first-order chi connectivity index (χ1) is 24.8. The summed E-state index contributed by atoms with van der Waals surface area (Å²) in [7, 11) is -4.38. The molecule has 0 heterocycles. The fraction of sp³-hybridized carbons (Fsp3) is 0.805. The Kier molecular flexibility index (Phi) is 36.7. The number of phosphoric acid groups is 1. The van der Waals surface area contributed by atoms with Crippen LogP contribution in [0.2, 0.25) is 0 Å². The van der Waals surface area contributed by atoms with Crippen LogP contribution in [-0.2, 0) is 32.7 Å². The van der Waals surface area contributed by atoms with E-state index in [4.69, 9.17) is 24.3 Å². The number of carbonyl (C=O) groups is 2. The predicted octanol–water partition coefficient (Wildman–Crippen LogP) is 11.4. The van der Waals surface area contributed by atoms with Gasteiger partial charge in [0, 0.05) is 19.4 Å². The van der Waals surface area contributed by atoms with Crippen LogP contribution in [0.4, 0.5) is 0 Å². The van der Waals surface area contributed by atoms with Crippen molar-refractivity contribution < 1.29 is 37.6 Å². The molecule has 3 N–H and O–H groups in total. The third-order valence-corrected chi connectivity index (χ3v) is 9.51. The van der Waals surface area contributed by atoms with Gasteiger partial charge >= 0.3 is 19.8 Å². The number of phosphoric ester groups is 1. The van der Waals surface area contributed by atoms with Gasteiger partial charge in [0.05, 0.1) is 13.2 Å². The molecule has 1 unspecified atom stereocenters. The highest BCUT2D eigenvalue weighted by atomic mass is 31.2. The maximum atomic E-state index is 12.5. The topological polar surface area (TPSA) is 134 Å². The Morgan fingerprint density at radius 1 is 0.588 bits per heavy atom. The van der Waals surface area contributed by atoms with E-state index in [1.54, 1.807) is 0 Å². The average Bonchev–Trinajstić information content (AvgIpc) is 3.11. The van der Waals surface area contributed by atoms with Crippen LogP contribution in [0.5, 0.6) is 0 Å². The minimum Gasteiger partial charge on any atom is -0.462 e. The van der Waals surface area contributed by atoms with Crippen LogP contribution in [-0.4, -0.2) is 49.3 Å². The van der Waals surface area contributed by atoms with Gasteiger partial charge in [-0.05, 0) is 51.4 Å². The number of hydrogen-bond donors (Lipinski definition) is 2. The van der Waals surface area contributed by atoms with Crippen molar-refractivity contribution in [2.75, 3.05) is 26.4 Å². The minimum atomic E-state index is -4.38. The highest BCUT2D eigenvalue weighted by Gasteiger charge is 2.25. The summed E-state index contributed by atoms with van der Waals surface area (Å²) >= 11 is 0. The summed E-state index contributed by atoms with van der Waals surface area (Å²) in [5, 5.41) is 0. The monoisotopic (exact) mass is 742 g/mol. The van der Waals surface area contributed by atoms with Crippen molar-refractivity contribution in [3.8, 4) is 0 Å². The predicted molar refractivity (Wildman–Crippen MR) is 210 cm³/mol. The van der Waals surface area contributed by atoms with Gasteiger partial charge in [0.25, 0.3) is 0 Å². The van der Waals surface area contributed by atoms with Gasteiger partial charge in [-0.15, -0.1) is 0 Å². The second-order valence-electron chi connectivity index (χ2n) is 13.5. The molecule has 0 spiro atoms. The summed E-state index contributed by atoms with van der Waals surface area (Å²) in [6.45, 7) is 3.67. The molecule has 0 aromatic rings. The molecular formula is C41H76NO8P. The third kappa shape index (κ3) is 37.8. The molecule has 0 aromatic carbocycles. The van der Waals surface area contributed by atoms with Gasteiger partial charge in [-0.25, -0.2) is 4.57 Å². The first-order valence-electron chi connectivity index (χ1n) is 20.5. The van der Waals surface area contributed by atoms with Crippen molar-refractivity contribution in [1.29, 1.82) is 0 Å². The van der Waals surface area contributed by atoms with E-state index in [9.17, 15) is 19.0 Å². The molecule has 2 atom stereocenters. The normalized spacial score (nSPS) is 13.7. The second kappa shape index (κ2) is 38.0. The Morgan fingerprint density at radius 2 is 1.02 bits per heavy atom. The van der Waals surface area contributed by atoms with E-state index in [1.807, 2.05) is 0 Å². The molecule has 298 valence electrons. The van der Waals surface area contributed by atoms with E-state index in [0.29, 0.717) is 6.42 Å². The summed E-state index contributed by atoms with van der Waals surface area (Å²) in [6, 6.07) is 0. The van der Waals surface area contributed by atoms with Crippen molar-refractivity contribution in [1.82, 2.24) is 0 Å². The van der Waals surface area contributed by atoms with Crippen LogP contribution in [0.25, 0.3) is 0 Å². The number of hydrogen-bond acceptors (Lipinski definition) is 8. The van der Waals surface area contributed by atoms with Gasteiger partial charge < -0.3 is 20.1 Å². The number of allylic oxidation sites excluding steroid dienone is 6. The first-order valence-corrected chi connectivity index (χ1v) is 22.0. The molecule has 0 rings (SSSR count). The van der Waals surface area contributed by atoms with E-state index in [1.165, 1.54) is 89.9 Å². The Labute approximate surface area is 312 Å². The van der Waals surface area contributed by atoms with Crippen molar-refractivity contribution in [2.45, 2.75) is 187 Å². The first kappa shape index (κ1) is 49.2. The number of nitrogens with two attached hydrogens (primary N) is 1. The number of esters is 2. The molecule has 0 aliphatic rings. The van der Waals surface area contributed by atoms with Gasteiger partial charge in [-0.3, -0.25) is 18.6 Å². The zero-order valence-corrected chi connectivity index (χ0v) is 33.5. The van der Waals surface area contributed by atoms with Gasteiger partial charge in [0.2, 0.25) is 0 Å². The quantitative estimate of drug-likeness (QED) is 0.0274. The standard InChI is InChI=1S/C41H76NO8P/c1-3-5-7-9-11-13-15-17-18-19-20-22-24-26-28-30-32-34-41(44)50-39(38-49-51(45,46)48-36-35-42)37-47-40(43)33-31-29-27-25-23-21-16-14-12-10-8-6-4-2/h11,13,17-18,20,22,39H,3-10,12,14-16,19,21,23-38,42H2,1-2H3,(H,45,46)/b13-11-,18-17-,22-20-/t39-/m1/s1. The summed E-state index contributed by atoms with van der Waals surface area (Å²) in [5.74, 6) is -0.852. The summed E-state index contributed by atoms with van der Waals surface area (Å²) in [5.41, 5.74) is 5.34. The van der Waals surface area contributed by atoms with Crippen LogP contribution in [0, 0.1) is 0 Å². The SMILES string of the molecule is CCCCC/C=C\C/C=C\C/C=C\CCCCCCC(=O)O[C@H](COC(=O)CCCCCCCCCCCCCCC)COP(=O)(O)OCCN. The molecule has 51 heavy (non-hydrogen) atoms. The lowest BCUT2D eigenvalue weighted by molar-refractivity contribution is -0.161. The highest BCUT2D eigenvalue weighted by Crippen LogP contribution is 2.43. The van der Waals surface area contributed by atoms with Gasteiger partial charge in [0.15, 0.2) is 6.10 Å². The van der Waals surface area contributed by atoms with E-state index < -0.39 is 26.5 Å². The van der Waals surface area contributed by atoms with Gasteiger partial charge in [-0.2, -0.15) is 0 Å². The molecule has 10 heteroatoms. The average molecular weight is 742 g/mol. The van der Waals surface area contributed by atoms with Crippen molar-refractivity contribution in [3.05, 3.63) is 36.5 Å². The Bertz CT molecular complexity index is 939. The maximum Gasteiger partial charge on any atom is 0.472 e. The Balaban J connectivity index is 4.23.